The number of hydrogen-bond acceptors (Lipinski definition) is 13. The van der Waals surface area contributed by atoms with Crippen LogP contribution in [0.15, 0.2) is 42.2 Å². The SMILES string of the molecule is COC1/C=C/OC2(C)Oc3c(C)c(O)c4c(O)c(cc(OCC(=O)N(C)C)c4c3C2=O)NC(=O)C(C)=C/C=C/C(C)C(O)C(C)C(O)C(C)C(OC(C)=O)C1C. The average Bonchev–Trinajstić information content (AvgIpc) is 3.41. The van der Waals surface area contributed by atoms with Crippen LogP contribution in [0, 0.1) is 30.6 Å². The molecule has 9 unspecified atom stereocenters. The number of benzene rings is 2. The van der Waals surface area contributed by atoms with Crippen molar-refractivity contribution in [2.75, 3.05) is 33.1 Å². The van der Waals surface area contributed by atoms with E-state index in [4.69, 9.17) is 23.7 Å². The van der Waals surface area contributed by atoms with Crippen LogP contribution >= 0.6 is 0 Å². The summed E-state index contributed by atoms with van der Waals surface area (Å²) >= 11 is 0. The van der Waals surface area contributed by atoms with Gasteiger partial charge in [-0.1, -0.05) is 45.9 Å². The maximum Gasteiger partial charge on any atom is 0.312 e. The molecular formula is C41H54N2O13. The molecule has 0 fully saturated rings. The molecule has 306 valence electrons. The third kappa shape index (κ3) is 8.64. The highest BCUT2D eigenvalue weighted by molar-refractivity contribution is 6.21. The number of carbonyl (C=O) groups excluding carboxylic acids is 4. The maximum atomic E-state index is 14.4. The van der Waals surface area contributed by atoms with E-state index in [0.717, 1.165) is 0 Å². The second-order valence-corrected chi connectivity index (χ2v) is 15.0. The number of Topliss-reactive ketones (excluding diaryl/α,β-unsaturated/α-hetero) is 1. The minimum Gasteiger partial charge on any atom is -0.507 e. The maximum absolute atomic E-state index is 14.4. The number of methoxy groups -OCH3 is 1. The van der Waals surface area contributed by atoms with Crippen LogP contribution in [0.4, 0.5) is 5.69 Å². The standard InChI is InChI=1S/C41H54N2O13/c1-19-13-12-14-20(2)40(51)42-26-17-28(53-18-29(45)43(9)10)30-31(36(26)49)35(48)24(6)38-32(30)39(50)41(8,56-38)54-16-15-27(52-11)21(3)37(55-25(7)44)23(5)34(47)22(4)33(19)46/h12-17,19,21-23,27,33-34,37,46-49H,18H2,1-11H3,(H,42,51)/b13-12+,16-15+,20-14?. The van der Waals surface area contributed by atoms with Gasteiger partial charge in [0.25, 0.3) is 17.6 Å². The summed E-state index contributed by atoms with van der Waals surface area (Å²) in [6.07, 6.45) is 3.57. The molecule has 0 aliphatic carbocycles. The molecule has 5 bridgehead atoms. The third-order valence-corrected chi connectivity index (χ3v) is 10.7. The molecular weight excluding hydrogens is 728 g/mol. The molecule has 3 heterocycles. The van der Waals surface area contributed by atoms with Gasteiger partial charge >= 0.3 is 11.8 Å². The number of nitrogens with one attached hydrogen (secondary N) is 1. The number of aliphatic hydroxyl groups excluding tert-OH is 2. The predicted octanol–water partition coefficient (Wildman–Crippen LogP) is 4.52. The lowest BCUT2D eigenvalue weighted by Crippen LogP contribution is -2.46. The molecule has 0 spiro atoms. The molecule has 5 rings (SSSR count). The number of phenols is 2. The first kappa shape index (κ1) is 43.6. The van der Waals surface area contributed by atoms with Crippen LogP contribution in [0.3, 0.4) is 0 Å². The Kier molecular flexibility index (Phi) is 13.5. The molecule has 0 aromatic heterocycles. The van der Waals surface area contributed by atoms with Gasteiger partial charge in [0.1, 0.15) is 23.4 Å². The Balaban J connectivity index is 1.94. The van der Waals surface area contributed by atoms with Gasteiger partial charge < -0.3 is 54.3 Å². The highest BCUT2D eigenvalue weighted by Gasteiger charge is 2.49. The van der Waals surface area contributed by atoms with Crippen molar-refractivity contribution in [3.63, 3.8) is 0 Å². The van der Waals surface area contributed by atoms with Crippen LogP contribution in [0.1, 0.15) is 64.4 Å². The van der Waals surface area contributed by atoms with Gasteiger partial charge in [-0.15, -0.1) is 0 Å². The minimum atomic E-state index is -2.02. The fraction of sp³-hybridized carbons (Fsp3) is 0.512. The molecule has 15 nitrogen and oxygen atoms in total. The van der Waals surface area contributed by atoms with E-state index in [9.17, 15) is 39.6 Å². The van der Waals surface area contributed by atoms with Gasteiger partial charge in [0.15, 0.2) is 12.4 Å². The number of ketones is 1. The number of anilines is 1. The largest absolute Gasteiger partial charge is 0.507 e. The predicted molar refractivity (Wildman–Crippen MR) is 206 cm³/mol. The summed E-state index contributed by atoms with van der Waals surface area (Å²) in [5, 5.41) is 48.1. The lowest BCUT2D eigenvalue weighted by molar-refractivity contribution is -0.160. The molecule has 9 atom stereocenters. The number of aliphatic hydroxyl groups is 2. The molecule has 3 aliphatic heterocycles. The lowest BCUT2D eigenvalue weighted by Gasteiger charge is -2.38. The van der Waals surface area contributed by atoms with Gasteiger partial charge in [-0.05, 0) is 19.9 Å². The van der Waals surface area contributed by atoms with Crippen molar-refractivity contribution in [1.82, 2.24) is 4.90 Å². The van der Waals surface area contributed by atoms with Crippen LogP contribution in [0.2, 0.25) is 0 Å². The molecule has 2 aromatic carbocycles. The number of rotatable bonds is 5. The first-order valence-electron chi connectivity index (χ1n) is 18.4. The zero-order valence-electron chi connectivity index (χ0n) is 33.7. The minimum absolute atomic E-state index is 0.0631. The Morgan fingerprint density at radius 2 is 1.62 bits per heavy atom. The van der Waals surface area contributed by atoms with E-state index in [-0.39, 0.29) is 44.7 Å². The van der Waals surface area contributed by atoms with Gasteiger partial charge in [-0.3, -0.25) is 19.2 Å². The van der Waals surface area contributed by atoms with Gasteiger partial charge in [0.2, 0.25) is 0 Å². The number of fused-ring (bicyclic) bond motifs is 14. The Hall–Kier alpha value is -5.12. The molecule has 0 saturated heterocycles. The van der Waals surface area contributed by atoms with Crippen LogP contribution in [0.25, 0.3) is 10.8 Å². The summed E-state index contributed by atoms with van der Waals surface area (Å²) in [6, 6.07) is 1.25. The first-order chi connectivity index (χ1) is 26.2. The summed E-state index contributed by atoms with van der Waals surface area (Å²) in [5.41, 5.74) is -0.0315. The average molecular weight is 783 g/mol. The van der Waals surface area contributed by atoms with Crippen LogP contribution < -0.4 is 14.8 Å². The van der Waals surface area contributed by atoms with Crippen LogP contribution in [-0.2, 0) is 28.6 Å². The second-order valence-electron chi connectivity index (χ2n) is 15.0. The van der Waals surface area contributed by atoms with Crippen molar-refractivity contribution >= 4 is 40.0 Å². The zero-order chi connectivity index (χ0) is 42.0. The smallest absolute Gasteiger partial charge is 0.312 e. The first-order valence-corrected chi connectivity index (χ1v) is 18.4. The van der Waals surface area contributed by atoms with Crippen molar-refractivity contribution in [2.45, 2.75) is 85.6 Å². The van der Waals surface area contributed by atoms with Gasteiger partial charge in [-0.2, -0.15) is 0 Å². The molecule has 0 radical (unpaired) electrons. The topological polar surface area (TPSA) is 211 Å². The van der Waals surface area contributed by atoms with E-state index >= 15 is 0 Å². The fourth-order valence-electron chi connectivity index (χ4n) is 7.02. The zero-order valence-corrected chi connectivity index (χ0v) is 33.7. The number of likely N-dealkylation sites (N-methyl/N-ethyl adjacent to an activating group) is 1. The normalized spacial score (nSPS) is 29.8. The number of ether oxygens (including phenoxy) is 5. The fourth-order valence-corrected chi connectivity index (χ4v) is 7.02. The van der Waals surface area contributed by atoms with E-state index in [2.05, 4.69) is 5.32 Å². The van der Waals surface area contributed by atoms with E-state index in [1.165, 1.54) is 78.3 Å². The van der Waals surface area contributed by atoms with Gasteiger partial charge in [-0.25, -0.2) is 0 Å². The third-order valence-electron chi connectivity index (χ3n) is 10.7. The van der Waals surface area contributed by atoms with Crippen LogP contribution in [0.5, 0.6) is 23.0 Å². The van der Waals surface area contributed by atoms with Crippen molar-refractivity contribution in [2.24, 2.45) is 23.7 Å². The highest BCUT2D eigenvalue weighted by atomic mass is 16.7. The summed E-state index contributed by atoms with van der Waals surface area (Å²) in [5.74, 6) is -8.12. The Morgan fingerprint density at radius 3 is 2.23 bits per heavy atom. The number of aromatic hydroxyl groups is 2. The number of allylic oxidation sites excluding steroid dienone is 2. The van der Waals surface area contributed by atoms with Crippen molar-refractivity contribution in [3.05, 3.63) is 53.3 Å². The number of hydrogen-bond donors (Lipinski definition) is 5. The molecule has 2 aromatic rings. The number of phenolic OH excluding ortho intramolecular Hbond substituents is 2. The molecule has 3 aliphatic rings. The van der Waals surface area contributed by atoms with Gasteiger partial charge in [0, 0.05) is 81.3 Å². The Bertz CT molecular complexity index is 1950. The Labute approximate surface area is 326 Å². The summed E-state index contributed by atoms with van der Waals surface area (Å²) in [7, 11) is 4.49. The number of esters is 1. The van der Waals surface area contributed by atoms with Crippen LogP contribution in [-0.4, -0.2) is 107 Å². The summed E-state index contributed by atoms with van der Waals surface area (Å²) in [6.45, 7) is 12.0. The Morgan fingerprint density at radius 1 is 0.964 bits per heavy atom. The van der Waals surface area contributed by atoms with Gasteiger partial charge in [0.05, 0.1) is 41.2 Å². The quantitative estimate of drug-likeness (QED) is 0.209. The lowest BCUT2D eigenvalue weighted by atomic mass is 9.78. The molecule has 5 N–H and O–H groups in total. The summed E-state index contributed by atoms with van der Waals surface area (Å²) in [4.78, 5) is 54.0. The number of amides is 2. The van der Waals surface area contributed by atoms with Crippen molar-refractivity contribution in [3.8, 4) is 23.0 Å². The van der Waals surface area contributed by atoms with E-state index in [1.807, 2.05) is 0 Å². The summed E-state index contributed by atoms with van der Waals surface area (Å²) < 4.78 is 29.5. The van der Waals surface area contributed by atoms with Crippen molar-refractivity contribution < 1.29 is 63.3 Å². The molecule has 2 amide bonds. The van der Waals surface area contributed by atoms with E-state index in [1.54, 1.807) is 39.8 Å². The van der Waals surface area contributed by atoms with E-state index < -0.39 is 95.5 Å². The molecule has 0 saturated carbocycles. The van der Waals surface area contributed by atoms with E-state index in [0.29, 0.717) is 0 Å². The number of nitrogens with zero attached hydrogens (tertiary/aromatic N) is 1. The second kappa shape index (κ2) is 17.3. The molecule has 15 heteroatoms. The van der Waals surface area contributed by atoms with Crippen molar-refractivity contribution in [1.29, 1.82) is 0 Å². The highest BCUT2D eigenvalue weighted by Crippen LogP contribution is 2.54. The number of carbonyl (C=O) groups is 4. The monoisotopic (exact) mass is 782 g/mol. The molecule has 56 heavy (non-hydrogen) atoms.